The summed E-state index contributed by atoms with van der Waals surface area (Å²) in [6.45, 7) is 7.29. The van der Waals surface area contributed by atoms with E-state index >= 15 is 0 Å². The molecule has 5 heteroatoms. The molecular formula is C14H19ClN2OS. The van der Waals surface area contributed by atoms with Gasteiger partial charge in [0.2, 0.25) is 5.91 Å². The zero-order valence-electron chi connectivity index (χ0n) is 11.3. The van der Waals surface area contributed by atoms with Crippen LogP contribution in [0, 0.1) is 0 Å². The Hall–Kier alpha value is -0.710. The van der Waals surface area contributed by atoms with Crippen LogP contribution in [0.2, 0.25) is 5.02 Å². The van der Waals surface area contributed by atoms with Gasteiger partial charge in [-0.2, -0.15) is 0 Å². The minimum atomic E-state index is -0.470. The fourth-order valence-corrected chi connectivity index (χ4v) is 3.51. The highest BCUT2D eigenvalue weighted by atomic mass is 35.5. The van der Waals surface area contributed by atoms with E-state index < -0.39 is 4.75 Å². The van der Waals surface area contributed by atoms with Gasteiger partial charge < -0.3 is 10.2 Å². The molecule has 0 aliphatic carbocycles. The molecule has 1 aliphatic heterocycles. The van der Waals surface area contributed by atoms with E-state index in [2.05, 4.69) is 5.32 Å². The van der Waals surface area contributed by atoms with Crippen LogP contribution in [-0.2, 0) is 4.79 Å². The molecule has 1 aliphatic rings. The van der Waals surface area contributed by atoms with Crippen molar-refractivity contribution in [3.63, 3.8) is 0 Å². The van der Waals surface area contributed by atoms with Gasteiger partial charge in [0.15, 0.2) is 0 Å². The number of carbonyl (C=O) groups is 1. The molecule has 0 radical (unpaired) electrons. The number of thioether (sulfide) groups is 1. The highest BCUT2D eigenvalue weighted by Gasteiger charge is 2.33. The number of hydrogen-bond acceptors (Lipinski definition) is 3. The van der Waals surface area contributed by atoms with E-state index in [1.807, 2.05) is 43.0 Å². The lowest BCUT2D eigenvalue weighted by Crippen LogP contribution is -2.51. The van der Waals surface area contributed by atoms with E-state index in [1.54, 1.807) is 11.8 Å². The van der Waals surface area contributed by atoms with Gasteiger partial charge in [0.25, 0.3) is 0 Å². The minimum Gasteiger partial charge on any atom is -0.339 e. The summed E-state index contributed by atoms with van der Waals surface area (Å²) in [5, 5.41) is 3.96. The van der Waals surface area contributed by atoms with E-state index in [4.69, 9.17) is 11.6 Å². The molecule has 0 unspecified atom stereocenters. The maximum atomic E-state index is 12.6. The normalized spacial score (nSPS) is 16.5. The highest BCUT2D eigenvalue weighted by molar-refractivity contribution is 8.01. The van der Waals surface area contributed by atoms with E-state index in [0.717, 1.165) is 31.1 Å². The van der Waals surface area contributed by atoms with Crippen molar-refractivity contribution in [2.45, 2.75) is 23.5 Å². The lowest BCUT2D eigenvalue weighted by atomic mass is 10.1. The second-order valence-electron chi connectivity index (χ2n) is 5.11. The Kier molecular flexibility index (Phi) is 4.76. The van der Waals surface area contributed by atoms with Crippen LogP contribution in [0.3, 0.4) is 0 Å². The summed E-state index contributed by atoms with van der Waals surface area (Å²) in [4.78, 5) is 15.5. The van der Waals surface area contributed by atoms with Gasteiger partial charge in [0.1, 0.15) is 0 Å². The van der Waals surface area contributed by atoms with Crippen LogP contribution in [0.4, 0.5) is 0 Å². The largest absolute Gasteiger partial charge is 0.339 e. The average Bonchev–Trinajstić information content (AvgIpc) is 2.38. The number of benzene rings is 1. The van der Waals surface area contributed by atoms with Crippen LogP contribution in [0.5, 0.6) is 0 Å². The second-order valence-corrected chi connectivity index (χ2v) is 7.24. The van der Waals surface area contributed by atoms with Crippen molar-refractivity contribution < 1.29 is 4.79 Å². The maximum Gasteiger partial charge on any atom is 0.238 e. The van der Waals surface area contributed by atoms with E-state index in [9.17, 15) is 4.79 Å². The summed E-state index contributed by atoms with van der Waals surface area (Å²) in [7, 11) is 0. The molecule has 0 saturated carbocycles. The molecular weight excluding hydrogens is 280 g/mol. The fourth-order valence-electron chi connectivity index (χ4n) is 2.12. The Morgan fingerprint density at radius 3 is 2.68 bits per heavy atom. The Bertz CT molecular complexity index is 459. The van der Waals surface area contributed by atoms with E-state index in [0.29, 0.717) is 5.02 Å². The van der Waals surface area contributed by atoms with Gasteiger partial charge >= 0.3 is 0 Å². The third-order valence-corrected chi connectivity index (χ3v) is 4.50. The molecule has 104 valence electrons. The third-order valence-electron chi connectivity index (χ3n) is 3.09. The molecule has 2 rings (SSSR count). The Balaban J connectivity index is 2.06. The van der Waals surface area contributed by atoms with Crippen LogP contribution in [0.25, 0.3) is 0 Å². The molecule has 1 fully saturated rings. The molecule has 1 aromatic carbocycles. The molecule has 0 aromatic heterocycles. The summed E-state index contributed by atoms with van der Waals surface area (Å²) in [5.41, 5.74) is 0. The predicted molar refractivity (Wildman–Crippen MR) is 80.8 cm³/mol. The number of carbonyl (C=O) groups excluding carboxylic acids is 1. The summed E-state index contributed by atoms with van der Waals surface area (Å²) in [6.07, 6.45) is 0. The number of halogens is 1. The van der Waals surface area contributed by atoms with Crippen LogP contribution >= 0.6 is 23.4 Å². The van der Waals surface area contributed by atoms with Crippen molar-refractivity contribution >= 4 is 29.3 Å². The van der Waals surface area contributed by atoms with E-state index in [1.165, 1.54) is 0 Å². The van der Waals surface area contributed by atoms with Gasteiger partial charge in [-0.1, -0.05) is 17.7 Å². The maximum absolute atomic E-state index is 12.6. The molecule has 0 spiro atoms. The number of nitrogens with zero attached hydrogens (tertiary/aromatic N) is 1. The molecule has 3 nitrogen and oxygen atoms in total. The SMILES string of the molecule is CC(C)(Sc1cccc(Cl)c1)C(=O)N1CCNCC1. The standard InChI is InChI=1S/C14H19ClN2OS/c1-14(2,13(18)17-8-6-16-7-9-17)19-12-5-3-4-11(15)10-12/h3-5,10,16H,6-9H2,1-2H3. The molecule has 0 atom stereocenters. The molecule has 0 bridgehead atoms. The predicted octanol–water partition coefficient (Wildman–Crippen LogP) is 2.64. The van der Waals surface area contributed by atoms with Gasteiger partial charge in [-0.25, -0.2) is 0 Å². The first kappa shape index (κ1) is 14.7. The average molecular weight is 299 g/mol. The van der Waals surface area contributed by atoms with Crippen molar-refractivity contribution in [2.75, 3.05) is 26.2 Å². The van der Waals surface area contributed by atoms with Crippen LogP contribution in [-0.4, -0.2) is 41.7 Å². The highest BCUT2D eigenvalue weighted by Crippen LogP contribution is 2.35. The van der Waals surface area contributed by atoms with Crippen molar-refractivity contribution in [3.8, 4) is 0 Å². The van der Waals surface area contributed by atoms with Gasteiger partial charge in [-0.3, -0.25) is 4.79 Å². The first-order valence-electron chi connectivity index (χ1n) is 6.44. The Morgan fingerprint density at radius 1 is 1.37 bits per heavy atom. The molecule has 1 saturated heterocycles. The number of rotatable bonds is 3. The van der Waals surface area contributed by atoms with Gasteiger partial charge in [0.05, 0.1) is 4.75 Å². The molecule has 1 amide bonds. The smallest absolute Gasteiger partial charge is 0.238 e. The Morgan fingerprint density at radius 2 is 2.05 bits per heavy atom. The Labute approximate surface area is 123 Å². The van der Waals surface area contributed by atoms with Crippen molar-refractivity contribution in [3.05, 3.63) is 29.3 Å². The lowest BCUT2D eigenvalue weighted by molar-refractivity contribution is -0.133. The van der Waals surface area contributed by atoms with Gasteiger partial charge in [0, 0.05) is 36.1 Å². The quantitative estimate of drug-likeness (QED) is 0.871. The van der Waals surface area contributed by atoms with Crippen LogP contribution in [0.1, 0.15) is 13.8 Å². The second kappa shape index (κ2) is 6.16. The lowest BCUT2D eigenvalue weighted by Gasteiger charge is -2.34. The summed E-state index contributed by atoms with van der Waals surface area (Å²) < 4.78 is -0.470. The van der Waals surface area contributed by atoms with Gasteiger partial charge in [-0.05, 0) is 32.0 Å². The summed E-state index contributed by atoms with van der Waals surface area (Å²) in [6, 6.07) is 7.65. The minimum absolute atomic E-state index is 0.193. The topological polar surface area (TPSA) is 32.3 Å². The zero-order valence-corrected chi connectivity index (χ0v) is 12.9. The van der Waals surface area contributed by atoms with Crippen molar-refractivity contribution in [2.24, 2.45) is 0 Å². The fraction of sp³-hybridized carbons (Fsp3) is 0.500. The monoisotopic (exact) mass is 298 g/mol. The third kappa shape index (κ3) is 3.88. The van der Waals surface area contributed by atoms with Crippen molar-refractivity contribution in [1.29, 1.82) is 0 Å². The summed E-state index contributed by atoms with van der Waals surface area (Å²) in [5.74, 6) is 0.193. The number of nitrogens with one attached hydrogen (secondary N) is 1. The molecule has 1 heterocycles. The number of amides is 1. The van der Waals surface area contributed by atoms with Gasteiger partial charge in [-0.15, -0.1) is 11.8 Å². The van der Waals surface area contributed by atoms with E-state index in [-0.39, 0.29) is 5.91 Å². The number of hydrogen-bond donors (Lipinski definition) is 1. The first-order chi connectivity index (χ1) is 8.99. The first-order valence-corrected chi connectivity index (χ1v) is 7.63. The molecule has 19 heavy (non-hydrogen) atoms. The number of piperazine rings is 1. The zero-order chi connectivity index (χ0) is 13.9. The molecule has 1 aromatic rings. The van der Waals surface area contributed by atoms with Crippen LogP contribution in [0.15, 0.2) is 29.2 Å². The molecule has 1 N–H and O–H groups in total. The van der Waals surface area contributed by atoms with Crippen LogP contribution < -0.4 is 5.32 Å². The summed E-state index contributed by atoms with van der Waals surface area (Å²) >= 11 is 7.55. The van der Waals surface area contributed by atoms with Crippen molar-refractivity contribution in [1.82, 2.24) is 10.2 Å².